The first-order valence-electron chi connectivity index (χ1n) is 9.71. The molecule has 2 atom stereocenters. The molecule has 0 radical (unpaired) electrons. The maximum Gasteiger partial charge on any atom is 0.408 e. The molecular formula is C23H30N2O4. The Bertz CT molecular complexity index is 772. The van der Waals surface area contributed by atoms with E-state index >= 15 is 0 Å². The molecule has 0 bridgehead atoms. The second kappa shape index (κ2) is 10.6. The molecule has 0 heterocycles. The Morgan fingerprint density at radius 3 is 2.03 bits per heavy atom. The average molecular weight is 399 g/mol. The SMILES string of the molecule is CC(OCc1ccccc1)C(NC(=O)OC(C)(C)C)C(=O)NCc1ccccc1. The lowest BCUT2D eigenvalue weighted by Crippen LogP contribution is -2.53. The Hall–Kier alpha value is -2.86. The highest BCUT2D eigenvalue weighted by Gasteiger charge is 2.29. The highest BCUT2D eigenvalue weighted by molar-refractivity contribution is 5.86. The number of nitrogens with one attached hydrogen (secondary N) is 2. The molecule has 0 fully saturated rings. The van der Waals surface area contributed by atoms with Crippen LogP contribution in [0.2, 0.25) is 0 Å². The van der Waals surface area contributed by atoms with Gasteiger partial charge < -0.3 is 20.1 Å². The van der Waals surface area contributed by atoms with Crippen LogP contribution in [-0.2, 0) is 27.4 Å². The third-order valence-electron chi connectivity index (χ3n) is 4.09. The number of carbonyl (C=O) groups is 2. The Balaban J connectivity index is 2.02. The molecule has 156 valence electrons. The minimum atomic E-state index is -0.891. The van der Waals surface area contributed by atoms with Gasteiger partial charge in [0.25, 0.3) is 0 Å². The lowest BCUT2D eigenvalue weighted by Gasteiger charge is -2.27. The first kappa shape index (κ1) is 22.4. The van der Waals surface area contributed by atoms with Crippen LogP contribution in [0.3, 0.4) is 0 Å². The van der Waals surface area contributed by atoms with E-state index < -0.39 is 23.8 Å². The number of ether oxygens (including phenoxy) is 2. The Morgan fingerprint density at radius 2 is 1.48 bits per heavy atom. The lowest BCUT2D eigenvalue weighted by atomic mass is 10.1. The molecule has 2 amide bonds. The van der Waals surface area contributed by atoms with Gasteiger partial charge in [0.2, 0.25) is 5.91 Å². The maximum absolute atomic E-state index is 12.8. The van der Waals surface area contributed by atoms with Crippen molar-refractivity contribution in [1.29, 1.82) is 0 Å². The van der Waals surface area contributed by atoms with Crippen molar-refractivity contribution in [3.63, 3.8) is 0 Å². The van der Waals surface area contributed by atoms with Crippen molar-refractivity contribution in [2.75, 3.05) is 0 Å². The van der Waals surface area contributed by atoms with E-state index in [2.05, 4.69) is 10.6 Å². The zero-order valence-electron chi connectivity index (χ0n) is 17.5. The van der Waals surface area contributed by atoms with Gasteiger partial charge in [-0.3, -0.25) is 4.79 Å². The van der Waals surface area contributed by atoms with Gasteiger partial charge in [0.15, 0.2) is 0 Å². The van der Waals surface area contributed by atoms with Crippen LogP contribution in [0.4, 0.5) is 4.79 Å². The molecule has 0 spiro atoms. The number of alkyl carbamates (subject to hydrolysis) is 1. The molecule has 6 heteroatoms. The van der Waals surface area contributed by atoms with Gasteiger partial charge in [-0.2, -0.15) is 0 Å². The molecule has 6 nitrogen and oxygen atoms in total. The maximum atomic E-state index is 12.8. The van der Waals surface area contributed by atoms with E-state index in [0.717, 1.165) is 11.1 Å². The smallest absolute Gasteiger partial charge is 0.408 e. The van der Waals surface area contributed by atoms with E-state index in [1.165, 1.54) is 0 Å². The van der Waals surface area contributed by atoms with E-state index in [-0.39, 0.29) is 5.91 Å². The van der Waals surface area contributed by atoms with Crippen molar-refractivity contribution in [3.05, 3.63) is 71.8 Å². The van der Waals surface area contributed by atoms with Crippen LogP contribution in [0, 0.1) is 0 Å². The van der Waals surface area contributed by atoms with Gasteiger partial charge in [0.05, 0.1) is 12.7 Å². The number of carbonyl (C=O) groups excluding carboxylic acids is 2. The molecule has 2 unspecified atom stereocenters. The predicted octanol–water partition coefficient (Wildman–Crippen LogP) is 3.80. The van der Waals surface area contributed by atoms with Gasteiger partial charge in [-0.05, 0) is 38.8 Å². The standard InChI is InChI=1S/C23H30N2O4/c1-17(28-16-19-13-9-6-10-14-19)20(25-22(27)29-23(2,3)4)21(26)24-15-18-11-7-5-8-12-18/h5-14,17,20H,15-16H2,1-4H3,(H,24,26)(H,25,27). The number of hydrogen-bond acceptors (Lipinski definition) is 4. The van der Waals surface area contributed by atoms with Crippen LogP contribution < -0.4 is 10.6 Å². The van der Waals surface area contributed by atoms with Gasteiger partial charge in [-0.1, -0.05) is 60.7 Å². The second-order valence-electron chi connectivity index (χ2n) is 7.83. The summed E-state index contributed by atoms with van der Waals surface area (Å²) in [7, 11) is 0. The van der Waals surface area contributed by atoms with Crippen molar-refractivity contribution >= 4 is 12.0 Å². The van der Waals surface area contributed by atoms with Crippen LogP contribution in [0.1, 0.15) is 38.8 Å². The summed E-state index contributed by atoms with van der Waals surface area (Å²) >= 11 is 0. The number of rotatable bonds is 8. The predicted molar refractivity (Wildman–Crippen MR) is 112 cm³/mol. The van der Waals surface area contributed by atoms with Gasteiger partial charge in [0, 0.05) is 6.54 Å². The van der Waals surface area contributed by atoms with Crippen LogP contribution in [-0.4, -0.2) is 29.7 Å². The minimum Gasteiger partial charge on any atom is -0.444 e. The number of amides is 2. The molecule has 0 aromatic heterocycles. The summed E-state index contributed by atoms with van der Waals surface area (Å²) in [5, 5.41) is 5.50. The van der Waals surface area contributed by atoms with Crippen LogP contribution in [0.15, 0.2) is 60.7 Å². The Labute approximate surface area is 172 Å². The first-order chi connectivity index (χ1) is 13.7. The zero-order chi connectivity index (χ0) is 21.3. The molecule has 2 aromatic rings. The third-order valence-corrected chi connectivity index (χ3v) is 4.09. The lowest BCUT2D eigenvalue weighted by molar-refractivity contribution is -0.127. The molecule has 2 N–H and O–H groups in total. The molecular weight excluding hydrogens is 368 g/mol. The Morgan fingerprint density at radius 1 is 0.931 bits per heavy atom. The average Bonchev–Trinajstić information content (AvgIpc) is 2.68. The van der Waals surface area contributed by atoms with Crippen LogP contribution in [0.25, 0.3) is 0 Å². The van der Waals surface area contributed by atoms with Crippen LogP contribution >= 0.6 is 0 Å². The quantitative estimate of drug-likeness (QED) is 0.709. The van der Waals surface area contributed by atoms with E-state index in [1.54, 1.807) is 27.7 Å². The molecule has 2 aromatic carbocycles. The first-order valence-corrected chi connectivity index (χ1v) is 9.71. The summed E-state index contributed by atoms with van der Waals surface area (Å²) in [6.07, 6.45) is -1.22. The molecule has 0 saturated heterocycles. The van der Waals surface area contributed by atoms with E-state index in [9.17, 15) is 9.59 Å². The fourth-order valence-electron chi connectivity index (χ4n) is 2.62. The fourth-order valence-corrected chi connectivity index (χ4v) is 2.62. The largest absolute Gasteiger partial charge is 0.444 e. The normalized spacial score (nSPS) is 13.2. The van der Waals surface area contributed by atoms with Crippen molar-refractivity contribution in [1.82, 2.24) is 10.6 Å². The zero-order valence-corrected chi connectivity index (χ0v) is 17.5. The van der Waals surface area contributed by atoms with Gasteiger partial charge >= 0.3 is 6.09 Å². The topological polar surface area (TPSA) is 76.7 Å². The molecule has 0 aliphatic rings. The van der Waals surface area contributed by atoms with Gasteiger partial charge in [-0.25, -0.2) is 4.79 Å². The highest BCUT2D eigenvalue weighted by atomic mass is 16.6. The number of benzene rings is 2. The van der Waals surface area contributed by atoms with Crippen molar-refractivity contribution in [3.8, 4) is 0 Å². The molecule has 29 heavy (non-hydrogen) atoms. The van der Waals surface area contributed by atoms with E-state index in [0.29, 0.717) is 13.2 Å². The molecule has 0 aliphatic heterocycles. The summed E-state index contributed by atoms with van der Waals surface area (Å²) in [5.74, 6) is -0.333. The Kier molecular flexibility index (Phi) is 8.21. The van der Waals surface area contributed by atoms with Crippen LogP contribution in [0.5, 0.6) is 0 Å². The number of hydrogen-bond donors (Lipinski definition) is 2. The molecule has 2 rings (SSSR count). The summed E-state index contributed by atoms with van der Waals surface area (Å²) in [6, 6.07) is 18.3. The summed E-state index contributed by atoms with van der Waals surface area (Å²) in [5.41, 5.74) is 1.29. The van der Waals surface area contributed by atoms with Crippen molar-refractivity contribution in [2.24, 2.45) is 0 Å². The van der Waals surface area contributed by atoms with Crippen molar-refractivity contribution in [2.45, 2.75) is 58.6 Å². The fraction of sp³-hybridized carbons (Fsp3) is 0.391. The molecule has 0 saturated carbocycles. The van der Waals surface area contributed by atoms with E-state index in [4.69, 9.17) is 9.47 Å². The minimum absolute atomic E-state index is 0.333. The summed E-state index contributed by atoms with van der Waals surface area (Å²) in [4.78, 5) is 25.1. The summed E-state index contributed by atoms with van der Waals surface area (Å²) < 4.78 is 11.2. The van der Waals surface area contributed by atoms with Gasteiger partial charge in [-0.15, -0.1) is 0 Å². The monoisotopic (exact) mass is 398 g/mol. The van der Waals surface area contributed by atoms with Crippen molar-refractivity contribution < 1.29 is 19.1 Å². The molecule has 0 aliphatic carbocycles. The highest BCUT2D eigenvalue weighted by Crippen LogP contribution is 2.10. The third kappa shape index (κ3) is 8.35. The van der Waals surface area contributed by atoms with E-state index in [1.807, 2.05) is 60.7 Å². The second-order valence-corrected chi connectivity index (χ2v) is 7.83. The van der Waals surface area contributed by atoms with Gasteiger partial charge in [0.1, 0.15) is 11.6 Å². The summed E-state index contributed by atoms with van der Waals surface area (Å²) in [6.45, 7) is 7.76.